The van der Waals surface area contributed by atoms with Crippen LogP contribution in [0.4, 0.5) is 22.3 Å². The van der Waals surface area contributed by atoms with Crippen molar-refractivity contribution in [1.82, 2.24) is 14.9 Å². The van der Waals surface area contributed by atoms with Crippen LogP contribution >= 0.6 is 0 Å². The number of nitrogens with zero attached hydrogens (tertiary/aromatic N) is 6. The summed E-state index contributed by atoms with van der Waals surface area (Å²) in [5.41, 5.74) is 2.59. The third kappa shape index (κ3) is 3.91. The summed E-state index contributed by atoms with van der Waals surface area (Å²) in [4.78, 5) is 27.0. The minimum absolute atomic E-state index is 0.145. The lowest BCUT2D eigenvalue weighted by molar-refractivity contribution is 0.208. The van der Waals surface area contributed by atoms with E-state index in [0.29, 0.717) is 54.5 Å². The van der Waals surface area contributed by atoms with Crippen molar-refractivity contribution in [3.63, 3.8) is 0 Å². The smallest absolute Gasteiger partial charge is 0.321 e. The lowest BCUT2D eigenvalue weighted by atomic mass is 10.2. The van der Waals surface area contributed by atoms with E-state index < -0.39 is 0 Å². The van der Waals surface area contributed by atoms with Gasteiger partial charge in [-0.1, -0.05) is 0 Å². The number of benzene rings is 1. The highest BCUT2D eigenvalue weighted by molar-refractivity contribution is 5.92. The number of amides is 2. The van der Waals surface area contributed by atoms with Crippen molar-refractivity contribution in [2.75, 3.05) is 55.4 Å². The summed E-state index contributed by atoms with van der Waals surface area (Å²) in [6.07, 6.45) is 1.57. The zero-order valence-corrected chi connectivity index (χ0v) is 16.3. The van der Waals surface area contributed by atoms with Crippen LogP contribution in [0, 0.1) is 11.3 Å². The van der Waals surface area contributed by atoms with E-state index in [9.17, 15) is 4.79 Å². The molecule has 148 valence electrons. The van der Waals surface area contributed by atoms with Gasteiger partial charge >= 0.3 is 6.03 Å². The molecule has 2 aromatic heterocycles. The van der Waals surface area contributed by atoms with Gasteiger partial charge in [-0.2, -0.15) is 10.2 Å². The van der Waals surface area contributed by atoms with Crippen LogP contribution in [-0.4, -0.2) is 61.2 Å². The average molecular weight is 391 g/mol. The Kier molecular flexibility index (Phi) is 4.91. The van der Waals surface area contributed by atoms with E-state index in [1.54, 1.807) is 34.2 Å². The second-order valence-corrected chi connectivity index (χ2v) is 6.99. The molecule has 0 bridgehead atoms. The third-order valence-corrected chi connectivity index (χ3v) is 4.78. The van der Waals surface area contributed by atoms with Gasteiger partial charge in [-0.15, -0.1) is 0 Å². The molecular formula is C20H21N7O2. The lowest BCUT2D eigenvalue weighted by Gasteiger charge is -2.35. The third-order valence-electron chi connectivity index (χ3n) is 4.78. The first-order chi connectivity index (χ1) is 14.0. The summed E-state index contributed by atoms with van der Waals surface area (Å²) >= 11 is 0. The summed E-state index contributed by atoms with van der Waals surface area (Å²) < 4.78 is 5.64. The van der Waals surface area contributed by atoms with Gasteiger partial charge in [0.25, 0.3) is 6.01 Å². The topological polar surface area (TPSA) is 102 Å². The second-order valence-electron chi connectivity index (χ2n) is 6.99. The SMILES string of the molecule is CN(C)c1nc2cc(NC(=O)N3CCN(c4ccc(C#N)cn4)CC3)ccc2o1. The van der Waals surface area contributed by atoms with Gasteiger partial charge in [0.05, 0.1) is 5.56 Å². The number of fused-ring (bicyclic) bond motifs is 1. The lowest BCUT2D eigenvalue weighted by Crippen LogP contribution is -2.50. The van der Waals surface area contributed by atoms with Gasteiger partial charge in [-0.3, -0.25) is 0 Å². The molecule has 0 radical (unpaired) electrons. The highest BCUT2D eigenvalue weighted by Crippen LogP contribution is 2.24. The molecule has 9 nitrogen and oxygen atoms in total. The molecular weight excluding hydrogens is 370 g/mol. The number of aromatic nitrogens is 2. The molecule has 1 aliphatic heterocycles. The molecule has 9 heteroatoms. The number of urea groups is 1. The first-order valence-electron chi connectivity index (χ1n) is 9.28. The quantitative estimate of drug-likeness (QED) is 0.732. The maximum absolute atomic E-state index is 12.6. The van der Waals surface area contributed by atoms with Crippen LogP contribution in [0.5, 0.6) is 0 Å². The van der Waals surface area contributed by atoms with Crippen molar-refractivity contribution in [3.05, 3.63) is 42.1 Å². The van der Waals surface area contributed by atoms with Crippen molar-refractivity contribution >= 4 is 34.7 Å². The Labute approximate surface area is 168 Å². The minimum Gasteiger partial charge on any atom is -0.423 e. The highest BCUT2D eigenvalue weighted by atomic mass is 16.4. The fourth-order valence-corrected chi connectivity index (χ4v) is 3.16. The maximum Gasteiger partial charge on any atom is 0.321 e. The van der Waals surface area contributed by atoms with Gasteiger partial charge in [0.1, 0.15) is 17.4 Å². The number of hydrogen-bond donors (Lipinski definition) is 1. The largest absolute Gasteiger partial charge is 0.423 e. The van der Waals surface area contributed by atoms with E-state index in [1.807, 2.05) is 26.2 Å². The van der Waals surface area contributed by atoms with Crippen LogP contribution in [0.1, 0.15) is 5.56 Å². The number of nitriles is 1. The number of piperazine rings is 1. The van der Waals surface area contributed by atoms with Crippen LogP contribution in [-0.2, 0) is 0 Å². The van der Waals surface area contributed by atoms with E-state index in [4.69, 9.17) is 9.68 Å². The van der Waals surface area contributed by atoms with Gasteiger partial charge in [0, 0.05) is 52.2 Å². The molecule has 4 rings (SSSR count). The maximum atomic E-state index is 12.6. The molecule has 1 N–H and O–H groups in total. The summed E-state index contributed by atoms with van der Waals surface area (Å²) in [7, 11) is 3.72. The fraction of sp³-hybridized carbons (Fsp3) is 0.300. The van der Waals surface area contributed by atoms with Crippen molar-refractivity contribution in [2.45, 2.75) is 0 Å². The van der Waals surface area contributed by atoms with Crippen LogP contribution in [0.15, 0.2) is 40.9 Å². The number of hydrogen-bond acceptors (Lipinski definition) is 7. The molecule has 3 aromatic rings. The van der Waals surface area contributed by atoms with Crippen molar-refractivity contribution < 1.29 is 9.21 Å². The molecule has 0 saturated carbocycles. The van der Waals surface area contributed by atoms with E-state index >= 15 is 0 Å². The molecule has 0 atom stereocenters. The first-order valence-corrected chi connectivity index (χ1v) is 9.28. The Morgan fingerprint density at radius 2 is 2.00 bits per heavy atom. The summed E-state index contributed by atoms with van der Waals surface area (Å²) in [6, 6.07) is 11.5. The van der Waals surface area contributed by atoms with Crippen LogP contribution < -0.4 is 15.1 Å². The molecule has 0 unspecified atom stereocenters. The molecule has 29 heavy (non-hydrogen) atoms. The molecule has 0 aliphatic carbocycles. The predicted molar refractivity (Wildman–Crippen MR) is 110 cm³/mol. The summed E-state index contributed by atoms with van der Waals surface area (Å²) in [6.45, 7) is 2.54. The molecule has 2 amide bonds. The average Bonchev–Trinajstić information content (AvgIpc) is 3.18. The van der Waals surface area contributed by atoms with Crippen molar-refractivity contribution in [2.24, 2.45) is 0 Å². The minimum atomic E-state index is -0.145. The van der Waals surface area contributed by atoms with Crippen molar-refractivity contribution in [1.29, 1.82) is 5.26 Å². The van der Waals surface area contributed by atoms with Gasteiger partial charge in [0.15, 0.2) is 5.58 Å². The van der Waals surface area contributed by atoms with Crippen LogP contribution in [0.2, 0.25) is 0 Å². The van der Waals surface area contributed by atoms with Gasteiger partial charge in [-0.05, 0) is 30.3 Å². The Morgan fingerprint density at radius 1 is 1.21 bits per heavy atom. The van der Waals surface area contributed by atoms with E-state index in [0.717, 1.165) is 5.82 Å². The fourth-order valence-electron chi connectivity index (χ4n) is 3.16. The molecule has 3 heterocycles. The monoisotopic (exact) mass is 391 g/mol. The molecule has 1 aromatic carbocycles. The second kappa shape index (κ2) is 7.67. The molecule has 1 fully saturated rings. The zero-order valence-electron chi connectivity index (χ0n) is 16.3. The standard InChI is InChI=1S/C20H21N7O2/c1-25(2)20-24-16-11-15(4-5-17(16)29-20)23-19(28)27-9-7-26(8-10-27)18-6-3-14(12-21)13-22-18/h3-6,11,13H,7-10H2,1-2H3,(H,23,28). The van der Waals surface area contributed by atoms with Gasteiger partial charge in [-0.25, -0.2) is 9.78 Å². The summed E-state index contributed by atoms with van der Waals surface area (Å²) in [5, 5.41) is 11.8. The van der Waals surface area contributed by atoms with Crippen molar-refractivity contribution in [3.8, 4) is 6.07 Å². The van der Waals surface area contributed by atoms with Gasteiger partial charge in [0.2, 0.25) is 0 Å². The number of anilines is 3. The molecule has 1 aliphatic rings. The number of pyridine rings is 1. The zero-order chi connectivity index (χ0) is 20.4. The van der Waals surface area contributed by atoms with Crippen LogP contribution in [0.3, 0.4) is 0 Å². The number of nitrogens with one attached hydrogen (secondary N) is 1. The molecule has 1 saturated heterocycles. The van der Waals surface area contributed by atoms with E-state index in [-0.39, 0.29) is 6.03 Å². The predicted octanol–water partition coefficient (Wildman–Crippen LogP) is 2.51. The van der Waals surface area contributed by atoms with E-state index in [1.165, 1.54) is 0 Å². The number of rotatable bonds is 3. The number of carbonyl (C=O) groups is 1. The molecule has 0 spiro atoms. The normalized spacial score (nSPS) is 14.0. The summed E-state index contributed by atoms with van der Waals surface area (Å²) in [5.74, 6) is 0.817. The highest BCUT2D eigenvalue weighted by Gasteiger charge is 2.22. The Morgan fingerprint density at radius 3 is 2.66 bits per heavy atom. The van der Waals surface area contributed by atoms with Crippen LogP contribution in [0.25, 0.3) is 11.1 Å². The van der Waals surface area contributed by atoms with Gasteiger partial charge < -0.3 is 24.4 Å². The first kappa shape index (κ1) is 18.6. The number of carbonyl (C=O) groups excluding carboxylic acids is 1. The Bertz CT molecular complexity index is 1060. The van der Waals surface area contributed by atoms with E-state index in [2.05, 4.69) is 26.3 Å². The Hall–Kier alpha value is -3.80. The Balaban J connectivity index is 1.37. The number of oxazole rings is 1.